The first-order valence-corrected chi connectivity index (χ1v) is 13.1. The van der Waals surface area contributed by atoms with E-state index in [0.29, 0.717) is 28.3 Å². The number of rotatable bonds is 7. The van der Waals surface area contributed by atoms with E-state index in [0.717, 1.165) is 22.8 Å². The van der Waals surface area contributed by atoms with Gasteiger partial charge in [0, 0.05) is 16.6 Å². The van der Waals surface area contributed by atoms with Gasteiger partial charge in [0.05, 0.1) is 31.2 Å². The van der Waals surface area contributed by atoms with Crippen LogP contribution in [0.4, 0.5) is 10.1 Å². The zero-order valence-electron chi connectivity index (χ0n) is 23.9. The summed E-state index contributed by atoms with van der Waals surface area (Å²) in [6.45, 7) is 3.77. The minimum absolute atomic E-state index is 0.158. The SMILES string of the molecule is COc1ccc(C(=O)Nc2ccc(C(C)(C)C#N)c(-c3ccccc3)c2)cc1OC.O=C(O)c1n[nH]c2ccc(F)cc12. The van der Waals surface area contributed by atoms with Gasteiger partial charge in [-0.2, -0.15) is 10.4 Å². The maximum Gasteiger partial charge on any atom is 0.357 e. The highest BCUT2D eigenvalue weighted by Gasteiger charge is 2.24. The number of nitriles is 1. The number of aromatic carboxylic acids is 1. The molecule has 0 bridgehead atoms. The lowest BCUT2D eigenvalue weighted by Gasteiger charge is -2.21. The number of halogens is 1. The van der Waals surface area contributed by atoms with Crippen LogP contribution in [0.15, 0.2) is 84.9 Å². The van der Waals surface area contributed by atoms with Gasteiger partial charge in [0.1, 0.15) is 5.82 Å². The second-order valence-electron chi connectivity index (χ2n) is 9.95. The number of anilines is 1. The van der Waals surface area contributed by atoms with E-state index in [1.165, 1.54) is 19.2 Å². The molecule has 0 atom stereocenters. The number of carboxylic acids is 1. The number of nitrogens with zero attached hydrogens (tertiary/aromatic N) is 2. The van der Waals surface area contributed by atoms with Crippen LogP contribution in [-0.2, 0) is 5.41 Å². The van der Waals surface area contributed by atoms with Gasteiger partial charge < -0.3 is 19.9 Å². The molecule has 0 aliphatic carbocycles. The van der Waals surface area contributed by atoms with Crippen molar-refractivity contribution in [3.05, 3.63) is 108 Å². The van der Waals surface area contributed by atoms with Gasteiger partial charge in [-0.3, -0.25) is 9.89 Å². The van der Waals surface area contributed by atoms with Crippen molar-refractivity contribution in [1.82, 2.24) is 10.2 Å². The molecule has 0 fully saturated rings. The standard InChI is InChI=1S/C25H24N2O3.C8H5FN2O2/c1-25(2,16-26)21-12-11-19(15-20(21)17-8-6-5-7-9-17)27-24(28)18-10-13-22(29-3)23(14-18)30-4;9-4-1-2-6-5(3-4)7(8(12)13)11-10-6/h5-15H,1-4H3,(H,27,28);1-3H,(H,10,11)(H,12,13). The quantitative estimate of drug-likeness (QED) is 0.192. The van der Waals surface area contributed by atoms with Crippen molar-refractivity contribution in [2.75, 3.05) is 19.5 Å². The van der Waals surface area contributed by atoms with Crippen LogP contribution < -0.4 is 14.8 Å². The maximum absolute atomic E-state index is 12.8. The molecule has 0 radical (unpaired) electrons. The molecule has 0 saturated heterocycles. The molecular formula is C33H29FN4O5. The van der Waals surface area contributed by atoms with Crippen LogP contribution in [0, 0.1) is 17.1 Å². The van der Waals surface area contributed by atoms with E-state index >= 15 is 0 Å². The molecule has 0 aliphatic rings. The van der Waals surface area contributed by atoms with Gasteiger partial charge in [-0.15, -0.1) is 0 Å². The van der Waals surface area contributed by atoms with Crippen molar-refractivity contribution in [3.8, 4) is 28.7 Å². The van der Waals surface area contributed by atoms with Crippen molar-refractivity contribution in [3.63, 3.8) is 0 Å². The average Bonchev–Trinajstić information content (AvgIpc) is 3.44. The minimum Gasteiger partial charge on any atom is -0.493 e. The third kappa shape index (κ3) is 6.80. The molecule has 218 valence electrons. The van der Waals surface area contributed by atoms with Crippen LogP contribution in [0.5, 0.6) is 11.5 Å². The van der Waals surface area contributed by atoms with Crippen LogP contribution in [-0.4, -0.2) is 41.4 Å². The number of carbonyl (C=O) groups excluding carboxylic acids is 1. The number of carbonyl (C=O) groups is 2. The fraction of sp³-hybridized carbons (Fsp3) is 0.152. The number of methoxy groups -OCH3 is 2. The van der Waals surface area contributed by atoms with Gasteiger partial charge in [0.25, 0.3) is 5.91 Å². The van der Waals surface area contributed by atoms with Gasteiger partial charge in [-0.05, 0) is 79.1 Å². The Balaban J connectivity index is 0.000000269. The van der Waals surface area contributed by atoms with Gasteiger partial charge in [0.15, 0.2) is 17.2 Å². The fourth-order valence-corrected chi connectivity index (χ4v) is 4.41. The largest absolute Gasteiger partial charge is 0.493 e. The summed E-state index contributed by atoms with van der Waals surface area (Å²) < 4.78 is 23.2. The monoisotopic (exact) mass is 580 g/mol. The van der Waals surface area contributed by atoms with Crippen LogP contribution >= 0.6 is 0 Å². The molecule has 0 spiro atoms. The summed E-state index contributed by atoms with van der Waals surface area (Å²) >= 11 is 0. The van der Waals surface area contributed by atoms with Crippen LogP contribution in [0.1, 0.15) is 40.3 Å². The van der Waals surface area contributed by atoms with E-state index < -0.39 is 17.2 Å². The van der Waals surface area contributed by atoms with E-state index in [2.05, 4.69) is 21.6 Å². The zero-order chi connectivity index (χ0) is 31.1. The molecule has 1 aromatic heterocycles. The smallest absolute Gasteiger partial charge is 0.357 e. The molecule has 0 saturated carbocycles. The Morgan fingerprint density at radius 1 is 0.953 bits per heavy atom. The molecular weight excluding hydrogens is 551 g/mol. The van der Waals surface area contributed by atoms with Crippen molar-refractivity contribution >= 4 is 28.5 Å². The highest BCUT2D eigenvalue weighted by Crippen LogP contribution is 2.35. The van der Waals surface area contributed by atoms with Crippen LogP contribution in [0.3, 0.4) is 0 Å². The summed E-state index contributed by atoms with van der Waals surface area (Å²) in [5, 5.41) is 27.6. The van der Waals surface area contributed by atoms with Gasteiger partial charge in [-0.1, -0.05) is 36.4 Å². The molecule has 4 aromatic carbocycles. The van der Waals surface area contributed by atoms with E-state index in [1.807, 2.05) is 62.4 Å². The number of aromatic nitrogens is 2. The second kappa shape index (κ2) is 12.9. The number of ether oxygens (including phenoxy) is 2. The lowest BCUT2D eigenvalue weighted by atomic mass is 9.81. The van der Waals surface area contributed by atoms with E-state index in [1.54, 1.807) is 25.3 Å². The fourth-order valence-electron chi connectivity index (χ4n) is 4.41. The lowest BCUT2D eigenvalue weighted by Crippen LogP contribution is -2.16. The maximum atomic E-state index is 12.8. The number of hydrogen-bond donors (Lipinski definition) is 3. The number of aromatic amines is 1. The Hall–Kier alpha value is -5.69. The predicted molar refractivity (Wildman–Crippen MR) is 161 cm³/mol. The first-order valence-electron chi connectivity index (χ1n) is 13.1. The van der Waals surface area contributed by atoms with Crippen LogP contribution in [0.2, 0.25) is 0 Å². The van der Waals surface area contributed by atoms with Gasteiger partial charge in [-0.25, -0.2) is 9.18 Å². The molecule has 5 aromatic rings. The summed E-state index contributed by atoms with van der Waals surface area (Å²) in [5.74, 6) is -0.861. The predicted octanol–water partition coefficient (Wildman–Crippen LogP) is 6.82. The summed E-state index contributed by atoms with van der Waals surface area (Å²) in [5.41, 5.74) is 3.58. The topological polar surface area (TPSA) is 137 Å². The highest BCUT2D eigenvalue weighted by molar-refractivity contribution is 6.05. The second-order valence-corrected chi connectivity index (χ2v) is 9.95. The van der Waals surface area contributed by atoms with Crippen molar-refractivity contribution < 1.29 is 28.6 Å². The van der Waals surface area contributed by atoms with E-state index in [9.17, 15) is 19.2 Å². The number of nitrogens with one attached hydrogen (secondary N) is 2. The van der Waals surface area contributed by atoms with E-state index in [4.69, 9.17) is 14.6 Å². The Morgan fingerprint density at radius 2 is 1.67 bits per heavy atom. The molecule has 43 heavy (non-hydrogen) atoms. The molecule has 5 rings (SSSR count). The number of amides is 1. The zero-order valence-corrected chi connectivity index (χ0v) is 23.9. The third-order valence-corrected chi connectivity index (χ3v) is 6.69. The van der Waals surface area contributed by atoms with Gasteiger partial charge >= 0.3 is 5.97 Å². The summed E-state index contributed by atoms with van der Waals surface area (Å²) in [7, 11) is 3.08. The lowest BCUT2D eigenvalue weighted by molar-refractivity contribution is 0.0692. The summed E-state index contributed by atoms with van der Waals surface area (Å²) in [6, 6.07) is 26.7. The number of hydrogen-bond acceptors (Lipinski definition) is 6. The molecule has 0 aliphatic heterocycles. The van der Waals surface area contributed by atoms with Crippen LogP contribution in [0.25, 0.3) is 22.0 Å². The Labute approximate surface area is 247 Å². The molecule has 10 heteroatoms. The molecule has 9 nitrogen and oxygen atoms in total. The first-order chi connectivity index (χ1) is 20.6. The Bertz CT molecular complexity index is 1830. The first kappa shape index (κ1) is 30.3. The molecule has 3 N–H and O–H groups in total. The van der Waals surface area contributed by atoms with Gasteiger partial charge in [0.2, 0.25) is 0 Å². The number of H-pyrrole nitrogens is 1. The molecule has 1 heterocycles. The summed E-state index contributed by atoms with van der Waals surface area (Å²) in [4.78, 5) is 23.4. The summed E-state index contributed by atoms with van der Waals surface area (Å²) in [6.07, 6.45) is 0. The van der Waals surface area contributed by atoms with Crippen molar-refractivity contribution in [2.24, 2.45) is 0 Å². The Morgan fingerprint density at radius 3 is 2.33 bits per heavy atom. The number of benzene rings is 4. The molecule has 1 amide bonds. The van der Waals surface area contributed by atoms with Crippen molar-refractivity contribution in [2.45, 2.75) is 19.3 Å². The minimum atomic E-state index is -1.17. The van der Waals surface area contributed by atoms with E-state index in [-0.39, 0.29) is 17.0 Å². The number of carboxylic acid groups (broad SMARTS) is 1. The number of fused-ring (bicyclic) bond motifs is 1. The third-order valence-electron chi connectivity index (χ3n) is 6.69. The van der Waals surface area contributed by atoms with Crippen molar-refractivity contribution in [1.29, 1.82) is 5.26 Å². The normalized spacial score (nSPS) is 10.7. The highest BCUT2D eigenvalue weighted by atomic mass is 19.1. The average molecular weight is 581 g/mol. The molecule has 0 unspecified atom stereocenters. The Kier molecular flexibility index (Phi) is 9.06.